The van der Waals surface area contributed by atoms with E-state index in [1.807, 2.05) is 12.1 Å². The fourth-order valence-electron chi connectivity index (χ4n) is 3.16. The van der Waals surface area contributed by atoms with Crippen molar-refractivity contribution in [1.82, 2.24) is 0 Å². The molecule has 1 aromatic rings. The van der Waals surface area contributed by atoms with Crippen LogP contribution in [-0.2, 0) is 5.54 Å². The average Bonchev–Trinajstić information content (AvgIpc) is 2.35. The van der Waals surface area contributed by atoms with Crippen LogP contribution in [0.5, 0.6) is 5.75 Å². The second-order valence-electron chi connectivity index (χ2n) is 5.45. The molecular weight excluding hydrogens is 210 g/mol. The van der Waals surface area contributed by atoms with E-state index in [4.69, 9.17) is 10.5 Å². The highest BCUT2D eigenvalue weighted by Crippen LogP contribution is 2.56. The van der Waals surface area contributed by atoms with Gasteiger partial charge in [0.05, 0.1) is 7.11 Å². The van der Waals surface area contributed by atoms with Crippen LogP contribution in [0.25, 0.3) is 0 Å². The van der Waals surface area contributed by atoms with Crippen molar-refractivity contribution >= 4 is 0 Å². The predicted molar refractivity (Wildman–Crippen MR) is 71.1 cm³/mol. The second kappa shape index (κ2) is 4.34. The van der Waals surface area contributed by atoms with Gasteiger partial charge in [-0.05, 0) is 36.0 Å². The number of ether oxygens (including phenoxy) is 1. The lowest BCUT2D eigenvalue weighted by molar-refractivity contribution is 0.0166. The molecule has 0 aromatic heterocycles. The normalized spacial score (nSPS) is 20.7. The van der Waals surface area contributed by atoms with E-state index in [0.29, 0.717) is 5.41 Å². The van der Waals surface area contributed by atoms with Crippen molar-refractivity contribution in [3.05, 3.63) is 29.8 Å². The minimum atomic E-state index is -0.113. The van der Waals surface area contributed by atoms with Gasteiger partial charge >= 0.3 is 0 Å². The van der Waals surface area contributed by atoms with Gasteiger partial charge < -0.3 is 10.5 Å². The summed E-state index contributed by atoms with van der Waals surface area (Å²) in [5.41, 5.74) is 8.12. The molecule has 2 N–H and O–H groups in total. The highest BCUT2D eigenvalue weighted by atomic mass is 16.5. The SMILES string of the molecule is CCC1(CC)CC(N)(c2ccc(OC)cc2)C1. The first-order chi connectivity index (χ1) is 8.07. The molecule has 1 aliphatic rings. The van der Waals surface area contributed by atoms with E-state index in [-0.39, 0.29) is 5.54 Å². The Balaban J connectivity index is 2.13. The molecule has 1 saturated carbocycles. The fraction of sp³-hybridized carbons (Fsp3) is 0.600. The third kappa shape index (κ3) is 2.06. The molecule has 0 radical (unpaired) electrons. The maximum atomic E-state index is 6.50. The summed E-state index contributed by atoms with van der Waals surface area (Å²) >= 11 is 0. The van der Waals surface area contributed by atoms with Crippen molar-refractivity contribution in [3.8, 4) is 5.75 Å². The molecule has 0 heterocycles. The van der Waals surface area contributed by atoms with Gasteiger partial charge in [0, 0.05) is 5.54 Å². The lowest BCUT2D eigenvalue weighted by Crippen LogP contribution is -2.55. The number of hydrogen-bond donors (Lipinski definition) is 1. The van der Waals surface area contributed by atoms with Crippen molar-refractivity contribution < 1.29 is 4.74 Å². The van der Waals surface area contributed by atoms with Gasteiger partial charge in [-0.25, -0.2) is 0 Å². The zero-order valence-corrected chi connectivity index (χ0v) is 11.1. The minimum Gasteiger partial charge on any atom is -0.497 e. The van der Waals surface area contributed by atoms with Crippen molar-refractivity contribution in [2.24, 2.45) is 11.1 Å². The summed E-state index contributed by atoms with van der Waals surface area (Å²) in [7, 11) is 1.69. The van der Waals surface area contributed by atoms with E-state index in [0.717, 1.165) is 18.6 Å². The Morgan fingerprint density at radius 2 is 1.65 bits per heavy atom. The summed E-state index contributed by atoms with van der Waals surface area (Å²) in [6.07, 6.45) is 4.69. The molecule has 0 atom stereocenters. The second-order valence-corrected chi connectivity index (χ2v) is 5.45. The van der Waals surface area contributed by atoms with Gasteiger partial charge in [0.2, 0.25) is 0 Å². The Labute approximate surface area is 104 Å². The summed E-state index contributed by atoms with van der Waals surface area (Å²) in [4.78, 5) is 0. The third-order valence-corrected chi connectivity index (χ3v) is 4.55. The summed E-state index contributed by atoms with van der Waals surface area (Å²) in [5, 5.41) is 0. The summed E-state index contributed by atoms with van der Waals surface area (Å²) in [6.45, 7) is 4.55. The van der Waals surface area contributed by atoms with E-state index >= 15 is 0 Å². The first-order valence-electron chi connectivity index (χ1n) is 6.51. The molecule has 0 unspecified atom stereocenters. The van der Waals surface area contributed by atoms with Crippen LogP contribution in [0.15, 0.2) is 24.3 Å². The first-order valence-corrected chi connectivity index (χ1v) is 6.51. The number of methoxy groups -OCH3 is 1. The molecule has 0 amide bonds. The highest BCUT2D eigenvalue weighted by molar-refractivity contribution is 5.34. The number of rotatable bonds is 4. The molecule has 2 rings (SSSR count). The van der Waals surface area contributed by atoms with Crippen LogP contribution in [0.4, 0.5) is 0 Å². The Morgan fingerprint density at radius 3 is 2.06 bits per heavy atom. The molecule has 1 fully saturated rings. The lowest BCUT2D eigenvalue weighted by atomic mass is 9.53. The Hall–Kier alpha value is -1.02. The van der Waals surface area contributed by atoms with E-state index < -0.39 is 0 Å². The zero-order chi connectivity index (χ0) is 12.5. The first kappa shape index (κ1) is 12.4. The zero-order valence-electron chi connectivity index (χ0n) is 11.1. The molecule has 0 saturated heterocycles. The molecule has 1 aromatic carbocycles. The molecule has 0 spiro atoms. The van der Waals surface area contributed by atoms with Gasteiger partial charge in [0.1, 0.15) is 5.75 Å². The molecule has 1 aliphatic carbocycles. The molecule has 94 valence electrons. The largest absolute Gasteiger partial charge is 0.497 e. The number of hydrogen-bond acceptors (Lipinski definition) is 2. The smallest absolute Gasteiger partial charge is 0.118 e. The van der Waals surface area contributed by atoms with E-state index in [1.54, 1.807) is 7.11 Å². The van der Waals surface area contributed by atoms with Gasteiger partial charge in [-0.3, -0.25) is 0 Å². The summed E-state index contributed by atoms with van der Waals surface area (Å²) in [6, 6.07) is 8.21. The highest BCUT2D eigenvalue weighted by Gasteiger charge is 2.50. The maximum absolute atomic E-state index is 6.50. The molecule has 2 nitrogen and oxygen atoms in total. The van der Waals surface area contributed by atoms with Crippen LogP contribution in [0.3, 0.4) is 0 Å². The summed E-state index contributed by atoms with van der Waals surface area (Å²) < 4.78 is 5.18. The van der Waals surface area contributed by atoms with Crippen molar-refractivity contribution in [3.63, 3.8) is 0 Å². The van der Waals surface area contributed by atoms with Crippen LogP contribution >= 0.6 is 0 Å². The molecule has 0 bridgehead atoms. The van der Waals surface area contributed by atoms with Gasteiger partial charge in [-0.1, -0.05) is 38.8 Å². The van der Waals surface area contributed by atoms with Crippen LogP contribution in [-0.4, -0.2) is 7.11 Å². The number of benzene rings is 1. The topological polar surface area (TPSA) is 35.2 Å². The van der Waals surface area contributed by atoms with Crippen LogP contribution in [0, 0.1) is 5.41 Å². The van der Waals surface area contributed by atoms with Crippen LogP contribution in [0.1, 0.15) is 45.1 Å². The van der Waals surface area contributed by atoms with Gasteiger partial charge in [-0.2, -0.15) is 0 Å². The Bertz CT molecular complexity index is 370. The van der Waals surface area contributed by atoms with Gasteiger partial charge in [-0.15, -0.1) is 0 Å². The monoisotopic (exact) mass is 233 g/mol. The molecule has 2 heteroatoms. The van der Waals surface area contributed by atoms with E-state index in [1.165, 1.54) is 18.4 Å². The quantitative estimate of drug-likeness (QED) is 0.864. The number of nitrogens with two attached hydrogens (primary N) is 1. The molecule has 17 heavy (non-hydrogen) atoms. The molecular formula is C15H23NO. The van der Waals surface area contributed by atoms with Crippen molar-refractivity contribution in [2.75, 3.05) is 7.11 Å². The van der Waals surface area contributed by atoms with Gasteiger partial charge in [0.15, 0.2) is 0 Å². The van der Waals surface area contributed by atoms with Crippen LogP contribution in [0.2, 0.25) is 0 Å². The van der Waals surface area contributed by atoms with E-state index in [9.17, 15) is 0 Å². The van der Waals surface area contributed by atoms with Crippen molar-refractivity contribution in [1.29, 1.82) is 0 Å². The van der Waals surface area contributed by atoms with Gasteiger partial charge in [0.25, 0.3) is 0 Å². The average molecular weight is 233 g/mol. The fourth-order valence-corrected chi connectivity index (χ4v) is 3.16. The maximum Gasteiger partial charge on any atom is 0.118 e. The minimum absolute atomic E-state index is 0.113. The summed E-state index contributed by atoms with van der Waals surface area (Å²) in [5.74, 6) is 0.897. The standard InChI is InChI=1S/C15H23NO/c1-4-14(5-2)10-15(16,11-14)12-6-8-13(17-3)9-7-12/h6-9H,4-5,10-11,16H2,1-3H3. The third-order valence-electron chi connectivity index (χ3n) is 4.55. The predicted octanol–water partition coefficient (Wildman–Crippen LogP) is 3.45. The van der Waals surface area contributed by atoms with E-state index in [2.05, 4.69) is 26.0 Å². The Morgan fingerprint density at radius 1 is 1.12 bits per heavy atom. The molecule has 0 aliphatic heterocycles. The lowest BCUT2D eigenvalue weighted by Gasteiger charge is -2.54. The Kier molecular flexibility index (Phi) is 3.17. The van der Waals surface area contributed by atoms with Crippen LogP contribution < -0.4 is 10.5 Å². The van der Waals surface area contributed by atoms with Crippen molar-refractivity contribution in [2.45, 2.75) is 45.1 Å².